The van der Waals surface area contributed by atoms with E-state index in [0.717, 1.165) is 32.4 Å². The molecule has 0 fully saturated rings. The molecule has 0 aromatic heterocycles. The fourth-order valence-corrected chi connectivity index (χ4v) is 3.01. The van der Waals surface area contributed by atoms with Crippen LogP contribution in [0.5, 0.6) is 0 Å². The van der Waals surface area contributed by atoms with Crippen molar-refractivity contribution in [1.29, 1.82) is 0 Å². The first-order valence-corrected chi connectivity index (χ1v) is 9.83. The molecule has 0 saturated carbocycles. The molecule has 0 aliphatic carbocycles. The summed E-state index contributed by atoms with van der Waals surface area (Å²) in [7, 11) is 1.95. The Morgan fingerprint density at radius 1 is 0.870 bits per heavy atom. The minimum Gasteiger partial charge on any atom is -0.392 e. The van der Waals surface area contributed by atoms with E-state index in [1.54, 1.807) is 0 Å². The number of aliphatic hydroxyl groups is 2. The third-order valence-electron chi connectivity index (χ3n) is 4.28. The zero-order valence-corrected chi connectivity index (χ0v) is 15.9. The monoisotopic (exact) mass is 330 g/mol. The number of hydrogen-bond acceptors (Lipinski definition) is 4. The highest BCUT2D eigenvalue weighted by Gasteiger charge is 2.13. The van der Waals surface area contributed by atoms with Gasteiger partial charge in [-0.2, -0.15) is 0 Å². The second-order valence-corrected chi connectivity index (χ2v) is 6.98. The molecule has 2 atom stereocenters. The summed E-state index contributed by atoms with van der Waals surface area (Å²) >= 11 is 0. The maximum atomic E-state index is 10.2. The average Bonchev–Trinajstić information content (AvgIpc) is 2.49. The van der Waals surface area contributed by atoms with E-state index in [0.29, 0.717) is 13.1 Å². The van der Waals surface area contributed by atoms with Gasteiger partial charge in [0.15, 0.2) is 0 Å². The zero-order valence-electron chi connectivity index (χ0n) is 15.9. The van der Waals surface area contributed by atoms with Gasteiger partial charge in [-0.25, -0.2) is 0 Å². The summed E-state index contributed by atoms with van der Waals surface area (Å²) in [5.41, 5.74) is 0. The Balaban J connectivity index is 3.70. The van der Waals surface area contributed by atoms with Crippen LogP contribution in [0, 0.1) is 0 Å². The van der Waals surface area contributed by atoms with Crippen molar-refractivity contribution in [1.82, 2.24) is 10.2 Å². The van der Waals surface area contributed by atoms with Crippen molar-refractivity contribution in [3.63, 3.8) is 0 Å². The number of unbranched alkanes of at least 4 members (excludes halogenated alkanes) is 7. The van der Waals surface area contributed by atoms with Crippen molar-refractivity contribution in [2.75, 3.05) is 33.2 Å². The lowest BCUT2D eigenvalue weighted by Crippen LogP contribution is -2.38. The molecule has 3 N–H and O–H groups in total. The van der Waals surface area contributed by atoms with Crippen LogP contribution in [0.3, 0.4) is 0 Å². The minimum atomic E-state index is -0.333. The first kappa shape index (κ1) is 22.8. The summed E-state index contributed by atoms with van der Waals surface area (Å²) in [5, 5.41) is 23.0. The number of aliphatic hydroxyl groups excluding tert-OH is 2. The van der Waals surface area contributed by atoms with Crippen LogP contribution in [0.2, 0.25) is 0 Å². The van der Waals surface area contributed by atoms with Crippen LogP contribution in [0.25, 0.3) is 0 Å². The molecule has 140 valence electrons. The Bertz CT molecular complexity index is 237. The van der Waals surface area contributed by atoms with E-state index in [2.05, 4.69) is 17.1 Å². The van der Waals surface area contributed by atoms with Crippen molar-refractivity contribution >= 4 is 0 Å². The van der Waals surface area contributed by atoms with Gasteiger partial charge in [-0.05, 0) is 39.9 Å². The summed E-state index contributed by atoms with van der Waals surface area (Å²) < 4.78 is 0. The molecule has 0 saturated heterocycles. The molecule has 4 nitrogen and oxygen atoms in total. The van der Waals surface area contributed by atoms with Gasteiger partial charge in [0.1, 0.15) is 0 Å². The predicted molar refractivity (Wildman–Crippen MR) is 99.9 cm³/mol. The minimum absolute atomic E-state index is 0.261. The molecule has 0 bridgehead atoms. The van der Waals surface area contributed by atoms with Crippen LogP contribution < -0.4 is 5.32 Å². The van der Waals surface area contributed by atoms with Crippen molar-refractivity contribution in [2.24, 2.45) is 0 Å². The molecule has 0 heterocycles. The van der Waals surface area contributed by atoms with E-state index >= 15 is 0 Å². The Morgan fingerprint density at radius 3 is 2.04 bits per heavy atom. The van der Waals surface area contributed by atoms with Crippen molar-refractivity contribution in [2.45, 2.75) is 90.3 Å². The highest BCUT2D eigenvalue weighted by molar-refractivity contribution is 4.68. The quantitative estimate of drug-likeness (QED) is 0.359. The van der Waals surface area contributed by atoms with E-state index in [1.165, 1.54) is 44.9 Å². The molecule has 0 aliphatic rings. The van der Waals surface area contributed by atoms with Gasteiger partial charge in [0.25, 0.3) is 0 Å². The van der Waals surface area contributed by atoms with Gasteiger partial charge in [0.2, 0.25) is 0 Å². The second-order valence-electron chi connectivity index (χ2n) is 6.98. The van der Waals surface area contributed by atoms with Gasteiger partial charge >= 0.3 is 0 Å². The number of nitrogens with one attached hydrogen (secondary N) is 1. The van der Waals surface area contributed by atoms with Gasteiger partial charge in [0, 0.05) is 13.1 Å². The molecular weight excluding hydrogens is 288 g/mol. The van der Waals surface area contributed by atoms with Crippen LogP contribution in [-0.4, -0.2) is 60.5 Å². The first-order valence-electron chi connectivity index (χ1n) is 9.83. The smallest absolute Gasteiger partial charge is 0.0667 e. The number of rotatable bonds is 17. The molecule has 0 spiro atoms. The first-order chi connectivity index (χ1) is 11.1. The SMILES string of the molecule is CCCCCCCCCCC(O)CN(CCCNC)CC(C)O. The highest BCUT2D eigenvalue weighted by Crippen LogP contribution is 2.11. The standard InChI is InChI=1S/C19H42N2O2/c1-4-5-6-7-8-9-10-11-13-19(23)17-21(16-18(2)22)15-12-14-20-3/h18-20,22-23H,4-17H2,1-3H3. The fraction of sp³-hybridized carbons (Fsp3) is 1.00. The average molecular weight is 331 g/mol. The maximum Gasteiger partial charge on any atom is 0.0667 e. The fourth-order valence-electron chi connectivity index (χ4n) is 3.01. The topological polar surface area (TPSA) is 55.7 Å². The summed E-state index contributed by atoms with van der Waals surface area (Å²) in [6.45, 7) is 7.31. The van der Waals surface area contributed by atoms with Crippen molar-refractivity contribution < 1.29 is 10.2 Å². The van der Waals surface area contributed by atoms with Crippen LogP contribution in [0.4, 0.5) is 0 Å². The van der Waals surface area contributed by atoms with Gasteiger partial charge in [-0.15, -0.1) is 0 Å². The van der Waals surface area contributed by atoms with Gasteiger partial charge in [0.05, 0.1) is 12.2 Å². The zero-order chi connectivity index (χ0) is 17.3. The lowest BCUT2D eigenvalue weighted by Gasteiger charge is -2.26. The molecule has 0 radical (unpaired) electrons. The van der Waals surface area contributed by atoms with E-state index in [9.17, 15) is 10.2 Å². The molecule has 0 aromatic rings. The predicted octanol–water partition coefficient (Wildman–Crippen LogP) is 3.17. The third kappa shape index (κ3) is 16.5. The van der Waals surface area contributed by atoms with E-state index in [4.69, 9.17) is 0 Å². The lowest BCUT2D eigenvalue weighted by molar-refractivity contribution is 0.0702. The highest BCUT2D eigenvalue weighted by atomic mass is 16.3. The third-order valence-corrected chi connectivity index (χ3v) is 4.28. The Hall–Kier alpha value is -0.160. The molecule has 0 aromatic carbocycles. The largest absolute Gasteiger partial charge is 0.392 e. The molecule has 0 amide bonds. The number of hydrogen-bond donors (Lipinski definition) is 3. The summed E-state index contributed by atoms with van der Waals surface area (Å²) in [4.78, 5) is 2.19. The van der Waals surface area contributed by atoms with Gasteiger partial charge < -0.3 is 15.5 Å². The molecule has 0 aliphatic heterocycles. The summed E-state index contributed by atoms with van der Waals surface area (Å²) in [6.07, 6.45) is 11.8. The second kappa shape index (κ2) is 16.7. The molecule has 4 heteroatoms. The van der Waals surface area contributed by atoms with E-state index in [-0.39, 0.29) is 12.2 Å². The number of nitrogens with zero attached hydrogens (tertiary/aromatic N) is 1. The Labute approximate surface area is 144 Å². The molecular formula is C19H42N2O2. The van der Waals surface area contributed by atoms with E-state index in [1.807, 2.05) is 14.0 Å². The normalized spacial score (nSPS) is 14.3. The summed E-state index contributed by atoms with van der Waals surface area (Å²) in [5.74, 6) is 0. The van der Waals surface area contributed by atoms with Crippen molar-refractivity contribution in [3.05, 3.63) is 0 Å². The lowest BCUT2D eigenvalue weighted by atomic mass is 10.1. The van der Waals surface area contributed by atoms with Gasteiger partial charge in [-0.1, -0.05) is 58.3 Å². The maximum absolute atomic E-state index is 10.2. The molecule has 0 rings (SSSR count). The van der Waals surface area contributed by atoms with E-state index < -0.39 is 0 Å². The van der Waals surface area contributed by atoms with Crippen molar-refractivity contribution in [3.8, 4) is 0 Å². The summed E-state index contributed by atoms with van der Waals surface area (Å²) in [6, 6.07) is 0. The van der Waals surface area contributed by atoms with Gasteiger partial charge in [-0.3, -0.25) is 4.90 Å². The van der Waals surface area contributed by atoms with Crippen LogP contribution in [0.15, 0.2) is 0 Å². The van der Waals surface area contributed by atoms with Crippen LogP contribution in [0.1, 0.15) is 78.1 Å². The molecule has 2 unspecified atom stereocenters. The Kier molecular flexibility index (Phi) is 16.6. The van der Waals surface area contributed by atoms with Crippen LogP contribution >= 0.6 is 0 Å². The Morgan fingerprint density at radius 2 is 1.48 bits per heavy atom. The van der Waals surface area contributed by atoms with Crippen LogP contribution in [-0.2, 0) is 0 Å². The molecule has 23 heavy (non-hydrogen) atoms.